The van der Waals surface area contributed by atoms with Gasteiger partial charge in [-0.25, -0.2) is 4.39 Å². The van der Waals surface area contributed by atoms with Gasteiger partial charge in [-0.2, -0.15) is 0 Å². The third-order valence-electron chi connectivity index (χ3n) is 9.33. The lowest BCUT2D eigenvalue weighted by Gasteiger charge is -2.63. The van der Waals surface area contributed by atoms with Crippen molar-refractivity contribution in [2.45, 2.75) is 68.7 Å². The van der Waals surface area contributed by atoms with Crippen LogP contribution in [-0.2, 0) is 4.79 Å². The maximum atomic E-state index is 17.3. The topological polar surface area (TPSA) is 54.4 Å². The molecule has 0 aliphatic heterocycles. The summed E-state index contributed by atoms with van der Waals surface area (Å²) in [6.07, 6.45) is 6.88. The number of benzene rings is 1. The van der Waals surface area contributed by atoms with Crippen LogP contribution < -0.4 is 0 Å². The first-order valence-corrected chi connectivity index (χ1v) is 14.1. The lowest BCUT2D eigenvalue weighted by molar-refractivity contribution is -0.189. The molecule has 0 amide bonds. The summed E-state index contributed by atoms with van der Waals surface area (Å²) < 4.78 is 16.9. The van der Waals surface area contributed by atoms with E-state index < -0.39 is 21.3 Å². The maximum Gasteiger partial charge on any atom is 0.220 e. The molecule has 1 aromatic carbocycles. The van der Waals surface area contributed by atoms with E-state index in [0.29, 0.717) is 24.8 Å². The van der Waals surface area contributed by atoms with E-state index in [-0.39, 0.29) is 28.1 Å². The smallest absolute Gasteiger partial charge is 0.220 e. The molecule has 5 rings (SSSR count). The van der Waals surface area contributed by atoms with Crippen molar-refractivity contribution in [2.24, 2.45) is 22.7 Å². The second-order valence-corrected chi connectivity index (χ2v) is 13.8. The van der Waals surface area contributed by atoms with Crippen LogP contribution in [0.25, 0.3) is 0 Å². The molecule has 3 saturated carbocycles. The quantitative estimate of drug-likeness (QED) is 0.486. The average molecular weight is 501 g/mol. The van der Waals surface area contributed by atoms with Crippen LogP contribution in [0.1, 0.15) is 63.2 Å². The summed E-state index contributed by atoms with van der Waals surface area (Å²) in [7, 11) is 0. The van der Waals surface area contributed by atoms with Gasteiger partial charge in [-0.3, -0.25) is 9.59 Å². The Labute approximate surface area is 210 Å². The zero-order valence-electron chi connectivity index (χ0n) is 20.1. The highest BCUT2D eigenvalue weighted by atomic mass is 32.2. The summed E-state index contributed by atoms with van der Waals surface area (Å²) in [5.41, 5.74) is -1.68. The lowest BCUT2D eigenvalue weighted by Crippen LogP contribution is -2.67. The normalized spacial score (nSPS) is 43.0. The highest BCUT2D eigenvalue weighted by molar-refractivity contribution is 8.26. The summed E-state index contributed by atoms with van der Waals surface area (Å²) >= 11 is 3.19. The van der Waals surface area contributed by atoms with E-state index in [9.17, 15) is 14.7 Å². The Morgan fingerprint density at radius 1 is 1.18 bits per heavy atom. The molecule has 0 saturated heterocycles. The highest BCUT2D eigenvalue weighted by Gasteiger charge is 2.73. The molecule has 1 unspecified atom stereocenters. The van der Waals surface area contributed by atoms with Gasteiger partial charge < -0.3 is 5.11 Å². The van der Waals surface area contributed by atoms with Gasteiger partial charge >= 0.3 is 0 Å². The SMILES string of the molecule is CCS[C@@]1(SC(=O)c2ccccc2)CC[C@H]2[C@@H]3CCC4=CC(=O)C=C[C@]4(C)C3(F)[C@@H](O)C[C@@]21C. The fourth-order valence-electron chi connectivity index (χ4n) is 7.61. The van der Waals surface area contributed by atoms with E-state index in [1.165, 1.54) is 17.8 Å². The van der Waals surface area contributed by atoms with E-state index in [1.54, 1.807) is 23.9 Å². The van der Waals surface area contributed by atoms with Crippen LogP contribution in [0, 0.1) is 22.7 Å². The number of allylic oxidation sites excluding steroid dienone is 4. The van der Waals surface area contributed by atoms with E-state index in [4.69, 9.17) is 0 Å². The Balaban J connectivity index is 1.53. The van der Waals surface area contributed by atoms with Crippen molar-refractivity contribution in [3.63, 3.8) is 0 Å². The molecule has 4 aliphatic carbocycles. The molecule has 3 fully saturated rings. The van der Waals surface area contributed by atoms with Crippen molar-refractivity contribution in [1.82, 2.24) is 0 Å². The molecule has 6 heteroatoms. The van der Waals surface area contributed by atoms with Gasteiger partial charge in [-0.05, 0) is 68.3 Å². The highest BCUT2D eigenvalue weighted by Crippen LogP contribution is 2.74. The largest absolute Gasteiger partial charge is 0.390 e. The summed E-state index contributed by atoms with van der Waals surface area (Å²) in [5, 5.41) is 11.6. The van der Waals surface area contributed by atoms with Crippen molar-refractivity contribution in [2.75, 3.05) is 5.75 Å². The summed E-state index contributed by atoms with van der Waals surface area (Å²) in [5.74, 6) is 0.516. The number of thioether (sulfide) groups is 2. The molecular formula is C28H33FO3S2. The Morgan fingerprint density at radius 3 is 2.62 bits per heavy atom. The van der Waals surface area contributed by atoms with Gasteiger partial charge in [0.25, 0.3) is 0 Å². The zero-order chi connectivity index (χ0) is 24.4. The molecule has 0 heterocycles. The molecular weight excluding hydrogens is 467 g/mol. The van der Waals surface area contributed by atoms with Crippen LogP contribution in [0.3, 0.4) is 0 Å². The summed E-state index contributed by atoms with van der Waals surface area (Å²) in [4.78, 5) is 25.4. The number of carbonyl (C=O) groups is 2. The third-order valence-corrected chi connectivity index (χ3v) is 12.8. The number of halogens is 1. The second-order valence-electron chi connectivity index (χ2n) is 10.7. The van der Waals surface area contributed by atoms with Gasteiger partial charge in [0, 0.05) is 16.9 Å². The fraction of sp³-hybridized carbons (Fsp3) is 0.571. The number of ketones is 1. The average Bonchev–Trinajstić information content (AvgIpc) is 3.07. The third kappa shape index (κ3) is 3.20. The number of fused-ring (bicyclic) bond motifs is 5. The molecule has 0 bridgehead atoms. The van der Waals surface area contributed by atoms with E-state index in [1.807, 2.05) is 37.3 Å². The number of aliphatic hydroxyl groups excluding tert-OH is 1. The number of alkyl halides is 1. The summed E-state index contributed by atoms with van der Waals surface area (Å²) in [6.45, 7) is 6.16. The van der Waals surface area contributed by atoms with Crippen LogP contribution in [-0.4, -0.2) is 37.6 Å². The standard InChI is InChI=1S/C28H33FO3S2/c1-4-33-27(34-24(32)18-8-6-5-7-9-18)15-13-21-22-11-10-19-16-20(30)12-14-25(19,2)28(22,29)23(31)17-26(21,27)3/h5-9,12,14,16,21-23,31H,4,10-11,13,15,17H2,1-3H3/t21-,22-,23-,25-,26-,27+,28?/m0/s1. The minimum absolute atomic E-state index is 0.0459. The van der Waals surface area contributed by atoms with Gasteiger partial charge in [0.15, 0.2) is 11.5 Å². The number of hydrogen-bond donors (Lipinski definition) is 1. The van der Waals surface area contributed by atoms with Crippen molar-refractivity contribution in [3.05, 3.63) is 59.7 Å². The van der Waals surface area contributed by atoms with Crippen molar-refractivity contribution in [3.8, 4) is 0 Å². The Morgan fingerprint density at radius 2 is 1.91 bits per heavy atom. The second kappa shape index (κ2) is 8.35. The fourth-order valence-corrected chi connectivity index (χ4v) is 11.0. The van der Waals surface area contributed by atoms with Gasteiger partial charge in [-0.15, -0.1) is 11.8 Å². The van der Waals surface area contributed by atoms with Gasteiger partial charge in [0.1, 0.15) is 0 Å². The van der Waals surface area contributed by atoms with Crippen LogP contribution in [0.4, 0.5) is 4.39 Å². The van der Waals surface area contributed by atoms with E-state index in [2.05, 4.69) is 13.8 Å². The number of aliphatic hydroxyl groups is 1. The van der Waals surface area contributed by atoms with E-state index >= 15 is 4.39 Å². The molecule has 34 heavy (non-hydrogen) atoms. The minimum atomic E-state index is -1.82. The van der Waals surface area contributed by atoms with Crippen LogP contribution in [0.5, 0.6) is 0 Å². The van der Waals surface area contributed by atoms with Crippen LogP contribution >= 0.6 is 23.5 Å². The molecule has 1 aromatic rings. The Hall–Kier alpha value is -1.37. The number of carbonyl (C=O) groups excluding carboxylic acids is 2. The van der Waals surface area contributed by atoms with Gasteiger partial charge in [0.2, 0.25) is 5.12 Å². The predicted octanol–water partition coefficient (Wildman–Crippen LogP) is 6.38. The van der Waals surface area contributed by atoms with Crippen LogP contribution in [0.2, 0.25) is 0 Å². The molecule has 0 aromatic heterocycles. The molecule has 0 spiro atoms. The van der Waals surface area contributed by atoms with Gasteiger partial charge in [-0.1, -0.05) is 67.6 Å². The molecule has 4 aliphatic rings. The number of rotatable bonds is 4. The zero-order valence-corrected chi connectivity index (χ0v) is 21.7. The Kier molecular flexibility index (Phi) is 5.97. The minimum Gasteiger partial charge on any atom is -0.390 e. The first-order chi connectivity index (χ1) is 16.1. The molecule has 1 N–H and O–H groups in total. The maximum absolute atomic E-state index is 17.3. The summed E-state index contributed by atoms with van der Waals surface area (Å²) in [6, 6.07) is 9.37. The monoisotopic (exact) mass is 500 g/mol. The Bertz CT molecular complexity index is 1070. The van der Waals surface area contributed by atoms with Crippen molar-refractivity contribution < 1.29 is 19.1 Å². The molecule has 0 radical (unpaired) electrons. The van der Waals surface area contributed by atoms with Crippen molar-refractivity contribution in [1.29, 1.82) is 0 Å². The first-order valence-electron chi connectivity index (χ1n) is 12.3. The van der Waals surface area contributed by atoms with Gasteiger partial charge in [0.05, 0.1) is 10.2 Å². The first kappa shape index (κ1) is 24.3. The molecule has 3 nitrogen and oxygen atoms in total. The van der Waals surface area contributed by atoms with Crippen LogP contribution in [0.15, 0.2) is 54.1 Å². The van der Waals surface area contributed by atoms with E-state index in [0.717, 1.165) is 24.2 Å². The number of hydrogen-bond acceptors (Lipinski definition) is 5. The predicted molar refractivity (Wildman–Crippen MR) is 138 cm³/mol. The van der Waals surface area contributed by atoms with Crippen molar-refractivity contribution >= 4 is 34.4 Å². The molecule has 7 atom stereocenters. The lowest BCUT2D eigenvalue weighted by atomic mass is 9.46. The molecule has 182 valence electrons.